The predicted molar refractivity (Wildman–Crippen MR) is 139 cm³/mol. The summed E-state index contributed by atoms with van der Waals surface area (Å²) in [5, 5.41) is 3.28. The summed E-state index contributed by atoms with van der Waals surface area (Å²) in [5.41, 5.74) is 2.63. The fourth-order valence-electron chi connectivity index (χ4n) is 3.65. The number of anilines is 1. The van der Waals surface area contributed by atoms with Gasteiger partial charge in [0.2, 0.25) is 0 Å². The summed E-state index contributed by atoms with van der Waals surface area (Å²) in [6.45, 7) is 8.70. The van der Waals surface area contributed by atoms with E-state index in [0.717, 1.165) is 11.1 Å². The molecule has 2 aromatic heterocycles. The van der Waals surface area contributed by atoms with E-state index < -0.39 is 0 Å². The van der Waals surface area contributed by atoms with E-state index in [-0.39, 0.29) is 17.5 Å². The number of pyridine rings is 1. The number of rotatable bonds is 6. The number of amides is 1. The van der Waals surface area contributed by atoms with E-state index >= 15 is 0 Å². The number of aromatic nitrogens is 2. The van der Waals surface area contributed by atoms with E-state index in [9.17, 15) is 9.59 Å². The van der Waals surface area contributed by atoms with Gasteiger partial charge in [0.15, 0.2) is 0 Å². The van der Waals surface area contributed by atoms with Gasteiger partial charge in [-0.25, -0.2) is 4.98 Å². The van der Waals surface area contributed by atoms with Crippen LogP contribution in [-0.4, -0.2) is 31.1 Å². The van der Waals surface area contributed by atoms with Crippen molar-refractivity contribution in [1.29, 1.82) is 0 Å². The molecule has 170 valence electrons. The molecule has 1 N–H and O–H groups in total. The number of aryl methyl sites for hydroxylation is 1. The van der Waals surface area contributed by atoms with Crippen molar-refractivity contribution in [3.8, 4) is 0 Å². The van der Waals surface area contributed by atoms with Crippen LogP contribution in [0.5, 0.6) is 0 Å². The molecule has 3 heterocycles. The van der Waals surface area contributed by atoms with Gasteiger partial charge in [-0.15, -0.1) is 0 Å². The van der Waals surface area contributed by atoms with Gasteiger partial charge < -0.3 is 5.32 Å². The van der Waals surface area contributed by atoms with Crippen LogP contribution < -0.4 is 10.9 Å². The van der Waals surface area contributed by atoms with Crippen LogP contribution in [-0.2, 0) is 4.79 Å². The zero-order valence-electron chi connectivity index (χ0n) is 19.0. The molecule has 1 aliphatic rings. The normalized spacial score (nSPS) is 16.3. The van der Waals surface area contributed by atoms with Crippen LogP contribution in [0.4, 0.5) is 5.82 Å². The average Bonchev–Trinajstić information content (AvgIpc) is 3.07. The number of fused-ring (bicyclic) bond motifs is 1. The second kappa shape index (κ2) is 9.49. The van der Waals surface area contributed by atoms with Crippen molar-refractivity contribution in [3.05, 3.63) is 80.6 Å². The van der Waals surface area contributed by atoms with Crippen molar-refractivity contribution < 1.29 is 4.79 Å². The SMILES string of the molecule is Cc1ccc2nc(NCC(C)C)c(/C=C3\SC(=S)N(C(C)c4ccccc4)C3=O)c(=O)n2c1. The van der Waals surface area contributed by atoms with E-state index in [0.29, 0.717) is 38.7 Å². The Labute approximate surface area is 202 Å². The van der Waals surface area contributed by atoms with Gasteiger partial charge in [-0.2, -0.15) is 0 Å². The monoisotopic (exact) mass is 478 g/mol. The van der Waals surface area contributed by atoms with Gasteiger partial charge in [0, 0.05) is 12.7 Å². The number of thioether (sulfide) groups is 1. The van der Waals surface area contributed by atoms with E-state index in [1.165, 1.54) is 16.2 Å². The zero-order valence-corrected chi connectivity index (χ0v) is 20.7. The van der Waals surface area contributed by atoms with Crippen LogP contribution >= 0.6 is 24.0 Å². The lowest BCUT2D eigenvalue weighted by atomic mass is 10.1. The fraction of sp³-hybridized carbons (Fsp3) is 0.280. The van der Waals surface area contributed by atoms with Crippen LogP contribution in [0.3, 0.4) is 0 Å². The number of carbonyl (C=O) groups excluding carboxylic acids is 1. The van der Waals surface area contributed by atoms with Gasteiger partial charge >= 0.3 is 0 Å². The number of hydrogen-bond donors (Lipinski definition) is 1. The molecule has 0 saturated carbocycles. The Morgan fingerprint density at radius 1 is 1.12 bits per heavy atom. The Balaban J connectivity index is 1.78. The van der Waals surface area contributed by atoms with E-state index in [2.05, 4.69) is 24.1 Å². The summed E-state index contributed by atoms with van der Waals surface area (Å²) >= 11 is 6.76. The molecule has 8 heteroatoms. The Morgan fingerprint density at radius 2 is 1.85 bits per heavy atom. The Bertz CT molecular complexity index is 1320. The van der Waals surface area contributed by atoms with Gasteiger partial charge in [0.1, 0.15) is 15.8 Å². The quantitative estimate of drug-likeness (QED) is 0.396. The van der Waals surface area contributed by atoms with Crippen molar-refractivity contribution in [2.75, 3.05) is 11.9 Å². The average molecular weight is 479 g/mol. The molecule has 1 aliphatic heterocycles. The van der Waals surface area contributed by atoms with Gasteiger partial charge in [-0.05, 0) is 43.0 Å². The van der Waals surface area contributed by atoms with Crippen molar-refractivity contribution in [2.45, 2.75) is 33.7 Å². The summed E-state index contributed by atoms with van der Waals surface area (Å²) < 4.78 is 2.00. The minimum absolute atomic E-state index is 0.204. The third-order valence-corrected chi connectivity index (χ3v) is 6.78. The molecular formula is C25H26N4O2S2. The number of nitrogens with zero attached hydrogens (tertiary/aromatic N) is 3. The lowest BCUT2D eigenvalue weighted by Gasteiger charge is -2.23. The molecule has 1 saturated heterocycles. The summed E-state index contributed by atoms with van der Waals surface area (Å²) in [5.74, 6) is 0.630. The highest BCUT2D eigenvalue weighted by molar-refractivity contribution is 8.26. The number of nitrogens with one attached hydrogen (secondary N) is 1. The van der Waals surface area contributed by atoms with Crippen molar-refractivity contribution >= 4 is 51.7 Å². The predicted octanol–water partition coefficient (Wildman–Crippen LogP) is 5.03. The van der Waals surface area contributed by atoms with Crippen LogP contribution in [0.1, 0.15) is 43.5 Å². The molecule has 1 amide bonds. The van der Waals surface area contributed by atoms with Gasteiger partial charge in [-0.1, -0.05) is 74.2 Å². The van der Waals surface area contributed by atoms with Crippen LogP contribution in [0, 0.1) is 12.8 Å². The molecule has 1 atom stereocenters. The molecule has 0 bridgehead atoms. The summed E-state index contributed by atoms with van der Waals surface area (Å²) in [6.07, 6.45) is 3.39. The van der Waals surface area contributed by atoms with E-state index in [1.54, 1.807) is 17.2 Å². The maximum absolute atomic E-state index is 13.4. The molecule has 0 aliphatic carbocycles. The first-order chi connectivity index (χ1) is 15.8. The Kier molecular flexibility index (Phi) is 6.67. The van der Waals surface area contributed by atoms with Crippen LogP contribution in [0.15, 0.2) is 58.4 Å². The standard InChI is InChI=1S/C25H26N4O2S2/c1-15(2)13-26-22-19(23(30)28-14-16(3)10-11-21(28)27-22)12-20-24(31)29(25(32)33-20)17(4)18-8-6-5-7-9-18/h5-12,14-15,17,26H,13H2,1-4H3/b20-12-. The first-order valence-corrected chi connectivity index (χ1v) is 12.1. The van der Waals surface area contributed by atoms with E-state index in [1.807, 2.05) is 56.3 Å². The summed E-state index contributed by atoms with van der Waals surface area (Å²) in [4.78, 5) is 33.5. The van der Waals surface area contributed by atoms with Gasteiger partial charge in [0.05, 0.1) is 16.5 Å². The lowest BCUT2D eigenvalue weighted by molar-refractivity contribution is -0.123. The summed E-state index contributed by atoms with van der Waals surface area (Å²) in [6, 6.07) is 13.3. The molecule has 3 aromatic rings. The number of benzene rings is 1. The zero-order chi connectivity index (χ0) is 23.7. The number of hydrogen-bond acceptors (Lipinski definition) is 6. The number of carbonyl (C=O) groups is 1. The molecule has 0 spiro atoms. The molecular weight excluding hydrogens is 452 g/mol. The highest BCUT2D eigenvalue weighted by atomic mass is 32.2. The highest BCUT2D eigenvalue weighted by Crippen LogP contribution is 2.38. The lowest BCUT2D eigenvalue weighted by Crippen LogP contribution is -2.31. The third kappa shape index (κ3) is 4.72. The topological polar surface area (TPSA) is 66.7 Å². The van der Waals surface area contributed by atoms with Crippen molar-refractivity contribution in [2.24, 2.45) is 5.92 Å². The Morgan fingerprint density at radius 3 is 2.55 bits per heavy atom. The summed E-state index contributed by atoms with van der Waals surface area (Å²) in [7, 11) is 0. The second-order valence-corrected chi connectivity index (χ2v) is 10.2. The molecule has 6 nitrogen and oxygen atoms in total. The Hall–Kier alpha value is -2.97. The fourth-order valence-corrected chi connectivity index (χ4v) is 5.05. The molecule has 33 heavy (non-hydrogen) atoms. The van der Waals surface area contributed by atoms with Crippen LogP contribution in [0.2, 0.25) is 0 Å². The molecule has 4 rings (SSSR count). The first kappa shape index (κ1) is 23.2. The molecule has 1 aromatic carbocycles. The van der Waals surface area contributed by atoms with Crippen molar-refractivity contribution in [3.63, 3.8) is 0 Å². The minimum Gasteiger partial charge on any atom is -0.369 e. The largest absolute Gasteiger partial charge is 0.369 e. The van der Waals surface area contributed by atoms with Crippen LogP contribution in [0.25, 0.3) is 11.7 Å². The molecule has 1 unspecified atom stereocenters. The maximum atomic E-state index is 13.4. The molecule has 1 fully saturated rings. The minimum atomic E-state index is -0.226. The van der Waals surface area contributed by atoms with E-state index in [4.69, 9.17) is 12.2 Å². The molecule has 0 radical (unpaired) electrons. The highest BCUT2D eigenvalue weighted by Gasteiger charge is 2.36. The second-order valence-electron chi connectivity index (χ2n) is 8.53. The maximum Gasteiger partial charge on any atom is 0.267 e. The first-order valence-electron chi connectivity index (χ1n) is 10.8. The smallest absolute Gasteiger partial charge is 0.267 e. The van der Waals surface area contributed by atoms with Gasteiger partial charge in [-0.3, -0.25) is 18.9 Å². The third-order valence-electron chi connectivity index (χ3n) is 5.45. The van der Waals surface area contributed by atoms with Gasteiger partial charge in [0.25, 0.3) is 11.5 Å². The van der Waals surface area contributed by atoms with Crippen molar-refractivity contribution in [1.82, 2.24) is 14.3 Å². The number of thiocarbonyl (C=S) groups is 1.